The van der Waals surface area contributed by atoms with Crippen LogP contribution >= 0.6 is 0 Å². The summed E-state index contributed by atoms with van der Waals surface area (Å²) in [5.74, 6) is 0.00105. The number of anilines is 1. The Balaban J connectivity index is 1.56. The number of amides is 1. The van der Waals surface area contributed by atoms with E-state index in [-0.39, 0.29) is 17.4 Å². The number of nitrogens with two attached hydrogens (primary N) is 1. The predicted molar refractivity (Wildman–Crippen MR) is 88.8 cm³/mol. The summed E-state index contributed by atoms with van der Waals surface area (Å²) >= 11 is 0. The van der Waals surface area contributed by atoms with Crippen molar-refractivity contribution in [2.75, 3.05) is 31.9 Å². The van der Waals surface area contributed by atoms with Crippen LogP contribution in [0.25, 0.3) is 0 Å². The van der Waals surface area contributed by atoms with Crippen LogP contribution in [-0.4, -0.2) is 51.9 Å². The third-order valence-corrected chi connectivity index (χ3v) is 4.08. The first-order chi connectivity index (χ1) is 11.7. The second-order valence-electron chi connectivity index (χ2n) is 5.67. The van der Waals surface area contributed by atoms with E-state index in [4.69, 9.17) is 11.0 Å². The molecule has 0 radical (unpaired) electrons. The maximum Gasteiger partial charge on any atom is 0.276 e. The van der Waals surface area contributed by atoms with Crippen molar-refractivity contribution in [3.63, 3.8) is 0 Å². The molecular formula is C17H18N6O. The minimum absolute atomic E-state index is 0.168. The van der Waals surface area contributed by atoms with Crippen molar-refractivity contribution in [3.05, 3.63) is 53.5 Å². The van der Waals surface area contributed by atoms with E-state index in [0.29, 0.717) is 18.7 Å². The fraction of sp³-hybridized carbons (Fsp3) is 0.294. The number of nitrogen functional groups attached to an aromatic ring is 1. The minimum Gasteiger partial charge on any atom is -0.382 e. The molecular weight excluding hydrogens is 304 g/mol. The third-order valence-electron chi connectivity index (χ3n) is 4.08. The Morgan fingerprint density at radius 1 is 1.12 bits per heavy atom. The van der Waals surface area contributed by atoms with Gasteiger partial charge in [0, 0.05) is 45.1 Å². The highest BCUT2D eigenvalue weighted by Crippen LogP contribution is 2.13. The van der Waals surface area contributed by atoms with E-state index < -0.39 is 0 Å². The molecule has 7 heteroatoms. The standard InChI is InChI=1S/C17H18N6O/c18-11-13-1-3-14(4-2-13)12-22-7-9-23(10-8-22)17(24)15-16(19)21-6-5-20-15/h1-6H,7-10,12H2,(H2,19,21). The van der Waals surface area contributed by atoms with Gasteiger partial charge in [-0.2, -0.15) is 5.26 Å². The van der Waals surface area contributed by atoms with Gasteiger partial charge < -0.3 is 10.6 Å². The minimum atomic E-state index is -0.168. The molecule has 1 aliphatic rings. The average Bonchev–Trinajstić information content (AvgIpc) is 2.63. The van der Waals surface area contributed by atoms with Crippen molar-refractivity contribution in [3.8, 4) is 6.07 Å². The molecule has 1 amide bonds. The summed E-state index contributed by atoms with van der Waals surface area (Å²) in [5, 5.41) is 8.83. The van der Waals surface area contributed by atoms with Crippen LogP contribution in [0.15, 0.2) is 36.7 Å². The van der Waals surface area contributed by atoms with Crippen molar-refractivity contribution in [2.45, 2.75) is 6.54 Å². The second kappa shape index (κ2) is 7.06. The molecule has 3 rings (SSSR count). The topological polar surface area (TPSA) is 99.1 Å². The Morgan fingerprint density at radius 2 is 1.79 bits per heavy atom. The number of carbonyl (C=O) groups is 1. The number of aromatic nitrogens is 2. The monoisotopic (exact) mass is 322 g/mol. The molecule has 1 aliphatic heterocycles. The third kappa shape index (κ3) is 3.50. The van der Waals surface area contributed by atoms with Crippen molar-refractivity contribution in [1.29, 1.82) is 5.26 Å². The molecule has 24 heavy (non-hydrogen) atoms. The first kappa shape index (κ1) is 15.9. The van der Waals surface area contributed by atoms with E-state index >= 15 is 0 Å². The van der Waals surface area contributed by atoms with Gasteiger partial charge in [0.2, 0.25) is 0 Å². The molecule has 1 fully saturated rings. The van der Waals surface area contributed by atoms with E-state index in [2.05, 4.69) is 20.9 Å². The Bertz CT molecular complexity index is 759. The van der Waals surface area contributed by atoms with Crippen LogP contribution in [0.1, 0.15) is 21.6 Å². The van der Waals surface area contributed by atoms with Gasteiger partial charge in [-0.3, -0.25) is 9.69 Å². The lowest BCUT2D eigenvalue weighted by atomic mass is 10.1. The van der Waals surface area contributed by atoms with E-state index in [9.17, 15) is 4.79 Å². The van der Waals surface area contributed by atoms with Crippen LogP contribution in [0.2, 0.25) is 0 Å². The highest BCUT2D eigenvalue weighted by atomic mass is 16.2. The number of piperazine rings is 1. The molecule has 2 aromatic rings. The fourth-order valence-corrected chi connectivity index (χ4v) is 2.72. The lowest BCUT2D eigenvalue weighted by Gasteiger charge is -2.34. The largest absolute Gasteiger partial charge is 0.382 e. The molecule has 0 bridgehead atoms. The normalized spacial score (nSPS) is 15.0. The number of nitrogens with zero attached hydrogens (tertiary/aromatic N) is 5. The van der Waals surface area contributed by atoms with Crippen LogP contribution in [0.5, 0.6) is 0 Å². The number of hydrogen-bond acceptors (Lipinski definition) is 6. The van der Waals surface area contributed by atoms with Crippen molar-refractivity contribution in [1.82, 2.24) is 19.8 Å². The molecule has 0 atom stereocenters. The van der Waals surface area contributed by atoms with E-state index in [1.165, 1.54) is 12.4 Å². The highest BCUT2D eigenvalue weighted by molar-refractivity contribution is 5.96. The maximum absolute atomic E-state index is 12.5. The van der Waals surface area contributed by atoms with Crippen LogP contribution in [-0.2, 0) is 6.54 Å². The Labute approximate surface area is 140 Å². The van der Waals surface area contributed by atoms with Gasteiger partial charge in [0.1, 0.15) is 0 Å². The second-order valence-corrected chi connectivity index (χ2v) is 5.67. The first-order valence-corrected chi connectivity index (χ1v) is 7.74. The van der Waals surface area contributed by atoms with Crippen molar-refractivity contribution < 1.29 is 4.79 Å². The number of hydrogen-bond donors (Lipinski definition) is 1. The number of rotatable bonds is 3. The molecule has 0 aliphatic carbocycles. The molecule has 2 N–H and O–H groups in total. The maximum atomic E-state index is 12.5. The lowest BCUT2D eigenvalue weighted by Crippen LogP contribution is -2.48. The molecule has 1 saturated heterocycles. The van der Waals surface area contributed by atoms with E-state index in [1.807, 2.05) is 24.3 Å². The number of carbonyl (C=O) groups excluding carboxylic acids is 1. The molecule has 0 unspecified atom stereocenters. The molecule has 7 nitrogen and oxygen atoms in total. The molecule has 122 valence electrons. The van der Waals surface area contributed by atoms with Crippen LogP contribution < -0.4 is 5.73 Å². The summed E-state index contributed by atoms with van der Waals surface area (Å²) in [5.41, 5.74) is 7.77. The number of benzene rings is 1. The Morgan fingerprint density at radius 3 is 2.42 bits per heavy atom. The van der Waals surface area contributed by atoms with Crippen LogP contribution in [0, 0.1) is 11.3 Å². The summed E-state index contributed by atoms with van der Waals surface area (Å²) in [7, 11) is 0. The first-order valence-electron chi connectivity index (χ1n) is 7.74. The quantitative estimate of drug-likeness (QED) is 0.901. The van der Waals surface area contributed by atoms with E-state index in [1.54, 1.807) is 4.90 Å². The van der Waals surface area contributed by atoms with Gasteiger partial charge in [-0.25, -0.2) is 9.97 Å². The summed E-state index contributed by atoms with van der Waals surface area (Å²) in [6.45, 7) is 3.63. The zero-order chi connectivity index (χ0) is 16.9. The fourth-order valence-electron chi connectivity index (χ4n) is 2.72. The van der Waals surface area contributed by atoms with E-state index in [0.717, 1.165) is 25.2 Å². The Hall–Kier alpha value is -2.98. The van der Waals surface area contributed by atoms with Gasteiger partial charge in [0.25, 0.3) is 5.91 Å². The molecule has 1 aromatic heterocycles. The van der Waals surface area contributed by atoms with Gasteiger partial charge in [-0.15, -0.1) is 0 Å². The summed E-state index contributed by atoms with van der Waals surface area (Å²) in [6.07, 6.45) is 2.95. The van der Waals surface area contributed by atoms with Gasteiger partial charge >= 0.3 is 0 Å². The zero-order valence-corrected chi connectivity index (χ0v) is 13.2. The molecule has 0 saturated carbocycles. The predicted octanol–water partition coefficient (Wildman–Crippen LogP) is 0.888. The lowest BCUT2D eigenvalue weighted by molar-refractivity contribution is 0.0623. The average molecular weight is 322 g/mol. The smallest absolute Gasteiger partial charge is 0.276 e. The van der Waals surface area contributed by atoms with Crippen molar-refractivity contribution in [2.24, 2.45) is 0 Å². The molecule has 2 heterocycles. The van der Waals surface area contributed by atoms with Crippen LogP contribution in [0.4, 0.5) is 5.82 Å². The highest BCUT2D eigenvalue weighted by Gasteiger charge is 2.24. The van der Waals surface area contributed by atoms with Crippen molar-refractivity contribution >= 4 is 11.7 Å². The number of nitriles is 1. The zero-order valence-electron chi connectivity index (χ0n) is 13.2. The van der Waals surface area contributed by atoms with Gasteiger partial charge in [-0.1, -0.05) is 12.1 Å². The van der Waals surface area contributed by atoms with Gasteiger partial charge in [0.15, 0.2) is 11.5 Å². The summed E-state index contributed by atoms with van der Waals surface area (Å²) in [6, 6.07) is 9.71. The summed E-state index contributed by atoms with van der Waals surface area (Å²) in [4.78, 5) is 24.4. The Kier molecular flexibility index (Phi) is 4.68. The summed E-state index contributed by atoms with van der Waals surface area (Å²) < 4.78 is 0. The van der Waals surface area contributed by atoms with Crippen LogP contribution in [0.3, 0.4) is 0 Å². The van der Waals surface area contributed by atoms with Gasteiger partial charge in [0.05, 0.1) is 11.6 Å². The van der Waals surface area contributed by atoms with Gasteiger partial charge in [-0.05, 0) is 17.7 Å². The molecule has 0 spiro atoms. The molecule has 1 aromatic carbocycles. The SMILES string of the molecule is N#Cc1ccc(CN2CCN(C(=O)c3nccnc3N)CC2)cc1.